The normalized spacial score (nSPS) is 11.6. The van der Waals surface area contributed by atoms with E-state index in [-0.39, 0.29) is 0 Å². The molecular weight excluding hydrogens is 196 g/mol. The Morgan fingerprint density at radius 2 is 1.31 bits per heavy atom. The molecule has 12 nitrogen and oxygen atoms in total. The first-order valence-corrected chi connectivity index (χ1v) is 2.43. The van der Waals surface area contributed by atoms with Crippen molar-refractivity contribution in [1.82, 2.24) is 16.9 Å². The fourth-order valence-corrected chi connectivity index (χ4v) is 0.332. The van der Waals surface area contributed by atoms with E-state index >= 15 is 0 Å². The highest BCUT2D eigenvalue weighted by molar-refractivity contribution is 4.37. The summed E-state index contributed by atoms with van der Waals surface area (Å²) < 4.78 is 0. The molecule has 0 radical (unpaired) electrons. The van der Waals surface area contributed by atoms with Gasteiger partial charge < -0.3 is 15.6 Å². The molecule has 0 saturated carbocycles. The Morgan fingerprint density at radius 3 is 1.46 bits per heavy atom. The van der Waals surface area contributed by atoms with Gasteiger partial charge in [-0.1, -0.05) is 0 Å². The predicted octanol–water partition coefficient (Wildman–Crippen LogP) is -2.07. The molecule has 0 aliphatic heterocycles. The fourth-order valence-electron chi connectivity index (χ4n) is 0.332. The number of nitrogens with zero attached hydrogens (tertiary/aromatic N) is 1. The first-order valence-electron chi connectivity index (χ1n) is 2.43. The van der Waals surface area contributed by atoms with Gasteiger partial charge in [-0.25, -0.2) is 0 Å². The van der Waals surface area contributed by atoms with Crippen LogP contribution in [0, 0.1) is 25.7 Å². The zero-order chi connectivity index (χ0) is 10.3. The van der Waals surface area contributed by atoms with Gasteiger partial charge in [0.1, 0.15) is 4.92 Å². The lowest BCUT2D eigenvalue weighted by molar-refractivity contribution is -0.772. The number of hydrogen-bond donors (Lipinski definition) is 3. The summed E-state index contributed by atoms with van der Waals surface area (Å²) in [5.41, 5.74) is 1.68. The van der Waals surface area contributed by atoms with Gasteiger partial charge in [-0.15, -0.1) is 0 Å². The zero-order valence-electron chi connectivity index (χ0n) is 5.71. The number of rotatable bonds is 7. The Bertz CT molecular complexity index is 143. The van der Waals surface area contributed by atoms with E-state index in [1.807, 2.05) is 0 Å². The van der Waals surface area contributed by atoms with Gasteiger partial charge in [-0.05, 0) is 0 Å². The SMILES string of the molecule is O=[N+]([O-])C(ON[O-])(ON[O-])ON[O-]. The minimum atomic E-state index is -3.40. The molecular formula is CH3N4O8-3. The summed E-state index contributed by atoms with van der Waals surface area (Å²) in [6.45, 7) is 0. The van der Waals surface area contributed by atoms with E-state index in [2.05, 4.69) is 14.5 Å². The Labute approximate surface area is 69.5 Å². The van der Waals surface area contributed by atoms with Crippen LogP contribution in [0.25, 0.3) is 0 Å². The first kappa shape index (κ1) is 12.0. The summed E-state index contributed by atoms with van der Waals surface area (Å²) in [5, 5.41) is 38.9. The molecule has 0 aliphatic carbocycles. The van der Waals surface area contributed by atoms with Gasteiger partial charge in [-0.2, -0.15) is 14.5 Å². The highest BCUT2D eigenvalue weighted by Gasteiger charge is 2.50. The molecule has 3 N–H and O–H groups in total. The second-order valence-corrected chi connectivity index (χ2v) is 1.34. The van der Waals surface area contributed by atoms with Crippen molar-refractivity contribution in [2.75, 3.05) is 0 Å². The molecule has 0 rings (SSSR count). The van der Waals surface area contributed by atoms with E-state index in [1.165, 1.54) is 0 Å². The molecule has 78 valence electrons. The molecule has 0 spiro atoms. The van der Waals surface area contributed by atoms with Crippen molar-refractivity contribution in [1.29, 1.82) is 0 Å². The van der Waals surface area contributed by atoms with Gasteiger partial charge in [0.05, 0.1) is 0 Å². The van der Waals surface area contributed by atoms with Crippen molar-refractivity contribution in [2.45, 2.75) is 6.10 Å². The standard InChI is InChI=1S/CH3N4O8/c6-2-11-1(5(9)10,12-3-7)13-4-8/h2-4H/q-3. The summed E-state index contributed by atoms with van der Waals surface area (Å²) >= 11 is 0. The highest BCUT2D eigenvalue weighted by Crippen LogP contribution is 2.11. The van der Waals surface area contributed by atoms with Crippen LogP contribution >= 0.6 is 0 Å². The third-order valence-corrected chi connectivity index (χ3v) is 0.736. The second kappa shape index (κ2) is 5.65. The average molecular weight is 199 g/mol. The molecule has 0 aromatic heterocycles. The van der Waals surface area contributed by atoms with Gasteiger partial charge in [0, 0.05) is 0 Å². The van der Waals surface area contributed by atoms with E-state index in [0.717, 1.165) is 0 Å². The van der Waals surface area contributed by atoms with Crippen LogP contribution in [0.4, 0.5) is 0 Å². The van der Waals surface area contributed by atoms with Crippen molar-refractivity contribution >= 4 is 0 Å². The molecule has 0 unspecified atom stereocenters. The average Bonchev–Trinajstić information content (AvgIpc) is 2.05. The second-order valence-electron chi connectivity index (χ2n) is 1.34. The van der Waals surface area contributed by atoms with Crippen LogP contribution in [0.5, 0.6) is 0 Å². The van der Waals surface area contributed by atoms with Gasteiger partial charge in [0.15, 0.2) is 0 Å². The van der Waals surface area contributed by atoms with Crippen LogP contribution in [0.3, 0.4) is 0 Å². The van der Waals surface area contributed by atoms with Crippen LogP contribution in [-0.2, 0) is 14.5 Å². The highest BCUT2D eigenvalue weighted by atomic mass is 17.1. The number of hydrogen-bond acceptors (Lipinski definition) is 11. The minimum absolute atomic E-state index is 0.560. The maximum absolute atomic E-state index is 10.1. The Morgan fingerprint density at radius 1 is 1.00 bits per heavy atom. The Balaban J connectivity index is 4.48. The van der Waals surface area contributed by atoms with Crippen LogP contribution in [0.2, 0.25) is 0 Å². The van der Waals surface area contributed by atoms with Gasteiger partial charge >= 0.3 is 6.10 Å². The molecule has 12 heteroatoms. The molecule has 0 fully saturated rings. The third kappa shape index (κ3) is 3.11. The molecule has 0 saturated heterocycles. The molecule has 0 aromatic carbocycles. The minimum Gasteiger partial charge on any atom is -0.765 e. The molecule has 0 heterocycles. The van der Waals surface area contributed by atoms with Gasteiger partial charge in [0.2, 0.25) is 0 Å². The molecule has 0 amide bonds. The Hall–Kier alpha value is -0.960. The lowest BCUT2D eigenvalue weighted by Crippen LogP contribution is -2.53. The smallest absolute Gasteiger partial charge is 0.619 e. The van der Waals surface area contributed by atoms with E-state index in [0.29, 0.717) is 16.9 Å². The van der Waals surface area contributed by atoms with E-state index in [1.54, 1.807) is 0 Å². The van der Waals surface area contributed by atoms with Crippen molar-refractivity contribution in [3.63, 3.8) is 0 Å². The van der Waals surface area contributed by atoms with Crippen molar-refractivity contribution < 1.29 is 19.4 Å². The lowest BCUT2D eigenvalue weighted by atomic mass is 11.0. The summed E-state index contributed by atoms with van der Waals surface area (Å²) in [6, 6.07) is 0. The molecule has 0 bridgehead atoms. The fraction of sp³-hybridized carbons (Fsp3) is 1.00. The number of nitro groups is 1. The first-order chi connectivity index (χ1) is 6.13. The van der Waals surface area contributed by atoms with E-state index < -0.39 is 11.0 Å². The zero-order valence-corrected chi connectivity index (χ0v) is 5.71. The third-order valence-electron chi connectivity index (χ3n) is 0.736. The van der Waals surface area contributed by atoms with Crippen molar-refractivity contribution in [3.8, 4) is 0 Å². The summed E-state index contributed by atoms with van der Waals surface area (Å²) in [4.78, 5) is 19.1. The summed E-state index contributed by atoms with van der Waals surface area (Å²) in [6.07, 6.45) is -3.40. The molecule has 13 heavy (non-hydrogen) atoms. The van der Waals surface area contributed by atoms with Crippen LogP contribution in [0.15, 0.2) is 0 Å². The summed E-state index contributed by atoms with van der Waals surface area (Å²) in [7, 11) is 0. The lowest BCUT2D eigenvalue weighted by Gasteiger charge is -2.26. The maximum Gasteiger partial charge on any atom is 0.619 e. The maximum atomic E-state index is 10.1. The van der Waals surface area contributed by atoms with Crippen LogP contribution in [-0.4, -0.2) is 11.0 Å². The van der Waals surface area contributed by atoms with Gasteiger partial charge in [-0.3, -0.25) is 27.0 Å². The van der Waals surface area contributed by atoms with Crippen LogP contribution < -0.4 is 16.9 Å². The Kier molecular flexibility index (Phi) is 5.23. The summed E-state index contributed by atoms with van der Waals surface area (Å²) in [5.74, 6) is 0. The van der Waals surface area contributed by atoms with Crippen molar-refractivity contribution in [2.24, 2.45) is 0 Å². The number of nitrogens with one attached hydrogen (secondary N) is 3. The van der Waals surface area contributed by atoms with E-state index in [4.69, 9.17) is 0 Å². The van der Waals surface area contributed by atoms with E-state index in [9.17, 15) is 25.7 Å². The van der Waals surface area contributed by atoms with Crippen LogP contribution in [0.1, 0.15) is 0 Å². The predicted molar refractivity (Wildman–Crippen MR) is 32.5 cm³/mol. The molecule has 0 atom stereocenters. The molecule has 0 aromatic rings. The topological polar surface area (TPSA) is 176 Å². The molecule has 0 aliphatic rings. The monoisotopic (exact) mass is 199 g/mol. The largest absolute Gasteiger partial charge is 0.765 e. The van der Waals surface area contributed by atoms with Gasteiger partial charge in [0.25, 0.3) is 0 Å². The van der Waals surface area contributed by atoms with Crippen molar-refractivity contribution in [3.05, 3.63) is 25.7 Å². The quantitative estimate of drug-likeness (QED) is 0.233.